The van der Waals surface area contributed by atoms with Gasteiger partial charge >= 0.3 is 0 Å². The molecule has 142 valence electrons. The number of carbonyl (C=O) groups excluding carboxylic acids is 2. The molecule has 0 unspecified atom stereocenters. The molecule has 2 N–H and O–H groups in total. The number of hydrazone groups is 1. The fourth-order valence-electron chi connectivity index (χ4n) is 2.38. The van der Waals surface area contributed by atoms with Gasteiger partial charge in [-0.3, -0.25) is 9.59 Å². The first kappa shape index (κ1) is 20.2. The Morgan fingerprint density at radius 2 is 1.67 bits per heavy atom. The van der Waals surface area contributed by atoms with Gasteiger partial charge in [0.1, 0.15) is 0 Å². The van der Waals surface area contributed by atoms with Gasteiger partial charge in [0, 0.05) is 37.5 Å². The molecule has 2 aromatic carbocycles. The van der Waals surface area contributed by atoms with Crippen LogP contribution in [0.25, 0.3) is 0 Å². The van der Waals surface area contributed by atoms with Crippen molar-refractivity contribution in [2.24, 2.45) is 11.0 Å². The highest BCUT2D eigenvalue weighted by Gasteiger charge is 2.07. The van der Waals surface area contributed by atoms with E-state index in [2.05, 4.69) is 15.8 Å². The molecule has 0 spiro atoms. The van der Waals surface area contributed by atoms with Crippen LogP contribution in [0.1, 0.15) is 36.2 Å². The lowest BCUT2D eigenvalue weighted by atomic mass is 10.1. The summed E-state index contributed by atoms with van der Waals surface area (Å²) < 4.78 is 0. The van der Waals surface area contributed by atoms with E-state index < -0.39 is 0 Å². The lowest BCUT2D eigenvalue weighted by Crippen LogP contribution is -2.18. The molecule has 2 amide bonds. The molecule has 0 atom stereocenters. The van der Waals surface area contributed by atoms with Gasteiger partial charge in [0.05, 0.1) is 6.21 Å². The van der Waals surface area contributed by atoms with E-state index in [1.165, 1.54) is 0 Å². The van der Waals surface area contributed by atoms with Gasteiger partial charge in [0.15, 0.2) is 0 Å². The molecule has 0 fully saturated rings. The minimum absolute atomic E-state index is 0.0351. The van der Waals surface area contributed by atoms with Crippen LogP contribution in [0.5, 0.6) is 0 Å². The van der Waals surface area contributed by atoms with Crippen molar-refractivity contribution in [3.63, 3.8) is 0 Å². The van der Waals surface area contributed by atoms with Gasteiger partial charge in [-0.25, -0.2) is 5.43 Å². The highest BCUT2D eigenvalue weighted by molar-refractivity contribution is 5.96. The van der Waals surface area contributed by atoms with Crippen LogP contribution in [0.3, 0.4) is 0 Å². The van der Waals surface area contributed by atoms with Crippen molar-refractivity contribution in [3.05, 3.63) is 59.7 Å². The van der Waals surface area contributed by atoms with Crippen molar-refractivity contribution in [1.82, 2.24) is 5.43 Å². The first-order valence-corrected chi connectivity index (χ1v) is 8.86. The Bertz CT molecular complexity index is 794. The summed E-state index contributed by atoms with van der Waals surface area (Å²) in [6.45, 7) is 3.98. The zero-order valence-corrected chi connectivity index (χ0v) is 16.2. The normalized spacial score (nSPS) is 10.9. The first-order valence-electron chi connectivity index (χ1n) is 8.86. The molecular weight excluding hydrogens is 340 g/mol. The summed E-state index contributed by atoms with van der Waals surface area (Å²) in [6, 6.07) is 14.5. The molecule has 0 aromatic heterocycles. The van der Waals surface area contributed by atoms with Crippen LogP contribution in [0, 0.1) is 5.92 Å². The van der Waals surface area contributed by atoms with Gasteiger partial charge < -0.3 is 10.2 Å². The van der Waals surface area contributed by atoms with Gasteiger partial charge in [-0.1, -0.05) is 26.0 Å². The zero-order valence-electron chi connectivity index (χ0n) is 16.2. The predicted molar refractivity (Wildman–Crippen MR) is 110 cm³/mol. The van der Waals surface area contributed by atoms with Crippen molar-refractivity contribution >= 4 is 29.4 Å². The summed E-state index contributed by atoms with van der Waals surface area (Å²) in [5.41, 5.74) is 5.63. The average Bonchev–Trinajstić information content (AvgIpc) is 2.62. The van der Waals surface area contributed by atoms with E-state index in [1.807, 2.05) is 57.1 Å². The first-order chi connectivity index (χ1) is 12.8. The Morgan fingerprint density at radius 3 is 2.22 bits per heavy atom. The van der Waals surface area contributed by atoms with E-state index in [0.29, 0.717) is 23.6 Å². The number of carbonyl (C=O) groups is 2. The lowest BCUT2D eigenvalue weighted by Gasteiger charge is -2.11. The number of anilines is 2. The van der Waals surface area contributed by atoms with Crippen LogP contribution in [0.2, 0.25) is 0 Å². The number of rotatable bonds is 7. The van der Waals surface area contributed by atoms with Crippen molar-refractivity contribution in [3.8, 4) is 0 Å². The summed E-state index contributed by atoms with van der Waals surface area (Å²) in [5, 5.41) is 6.80. The third kappa shape index (κ3) is 6.58. The number of nitrogens with one attached hydrogen (secondary N) is 2. The van der Waals surface area contributed by atoms with E-state index in [4.69, 9.17) is 0 Å². The Morgan fingerprint density at radius 1 is 1.04 bits per heavy atom. The van der Waals surface area contributed by atoms with E-state index in [0.717, 1.165) is 11.3 Å². The SMILES string of the molecule is CC(C)CC(=O)Nc1ccc(C(=O)NN=Cc2ccc(N(C)C)cc2)cc1. The summed E-state index contributed by atoms with van der Waals surface area (Å²) in [4.78, 5) is 25.9. The Kier molecular flexibility index (Phi) is 7.11. The average molecular weight is 366 g/mol. The van der Waals surface area contributed by atoms with E-state index in [9.17, 15) is 9.59 Å². The molecule has 2 rings (SSSR count). The lowest BCUT2D eigenvalue weighted by molar-refractivity contribution is -0.116. The number of amides is 2. The third-order valence-corrected chi connectivity index (χ3v) is 3.81. The van der Waals surface area contributed by atoms with Crippen molar-refractivity contribution in [1.29, 1.82) is 0 Å². The number of nitrogens with zero attached hydrogens (tertiary/aromatic N) is 2. The maximum absolute atomic E-state index is 12.1. The molecule has 6 heteroatoms. The third-order valence-electron chi connectivity index (χ3n) is 3.81. The molecule has 27 heavy (non-hydrogen) atoms. The molecule has 0 aliphatic heterocycles. The monoisotopic (exact) mass is 366 g/mol. The Labute approximate surface area is 160 Å². The quantitative estimate of drug-likeness (QED) is 0.582. The molecule has 6 nitrogen and oxygen atoms in total. The zero-order chi connectivity index (χ0) is 19.8. The largest absolute Gasteiger partial charge is 0.378 e. The second-order valence-electron chi connectivity index (χ2n) is 6.91. The Hall–Kier alpha value is -3.15. The van der Waals surface area contributed by atoms with Crippen LogP contribution in [-0.4, -0.2) is 32.1 Å². The van der Waals surface area contributed by atoms with Crippen LogP contribution in [0.15, 0.2) is 53.6 Å². The smallest absolute Gasteiger partial charge is 0.271 e. The van der Waals surface area contributed by atoms with E-state index >= 15 is 0 Å². The molecular formula is C21H26N4O2. The maximum Gasteiger partial charge on any atom is 0.271 e. The van der Waals surface area contributed by atoms with Crippen molar-refractivity contribution in [2.45, 2.75) is 20.3 Å². The van der Waals surface area contributed by atoms with E-state index in [-0.39, 0.29) is 11.8 Å². The van der Waals surface area contributed by atoms with Gasteiger partial charge in [-0.05, 0) is 47.9 Å². The molecule has 0 aliphatic rings. The fourth-order valence-corrected chi connectivity index (χ4v) is 2.38. The standard InChI is InChI=1S/C21H26N4O2/c1-15(2)13-20(26)23-18-9-7-17(8-10-18)21(27)24-22-14-16-5-11-19(12-6-16)25(3)4/h5-12,14-15H,13H2,1-4H3,(H,23,26)(H,24,27). The number of hydrogen-bond acceptors (Lipinski definition) is 4. The van der Waals surface area contributed by atoms with Gasteiger partial charge in [0.2, 0.25) is 5.91 Å². The minimum atomic E-state index is -0.309. The van der Waals surface area contributed by atoms with E-state index in [1.54, 1.807) is 30.5 Å². The topological polar surface area (TPSA) is 73.8 Å². The molecule has 0 saturated heterocycles. The highest BCUT2D eigenvalue weighted by Crippen LogP contribution is 2.12. The molecule has 0 saturated carbocycles. The summed E-state index contributed by atoms with van der Waals surface area (Å²) in [6.07, 6.45) is 2.06. The van der Waals surface area contributed by atoms with Crippen LogP contribution in [-0.2, 0) is 4.79 Å². The van der Waals surface area contributed by atoms with Crippen molar-refractivity contribution < 1.29 is 9.59 Å². The van der Waals surface area contributed by atoms with Crippen LogP contribution >= 0.6 is 0 Å². The summed E-state index contributed by atoms with van der Waals surface area (Å²) in [7, 11) is 3.95. The van der Waals surface area contributed by atoms with Gasteiger partial charge in [0.25, 0.3) is 5.91 Å². The fraction of sp³-hybridized carbons (Fsp3) is 0.286. The minimum Gasteiger partial charge on any atom is -0.378 e. The highest BCUT2D eigenvalue weighted by atomic mass is 16.2. The maximum atomic E-state index is 12.1. The molecule has 0 aliphatic carbocycles. The van der Waals surface area contributed by atoms with Crippen LogP contribution < -0.4 is 15.6 Å². The molecule has 0 bridgehead atoms. The molecule has 0 radical (unpaired) electrons. The number of benzene rings is 2. The van der Waals surface area contributed by atoms with Crippen molar-refractivity contribution in [2.75, 3.05) is 24.3 Å². The van der Waals surface area contributed by atoms with Crippen LogP contribution in [0.4, 0.5) is 11.4 Å². The second kappa shape index (κ2) is 9.52. The summed E-state index contributed by atoms with van der Waals surface area (Å²) in [5.74, 6) is -0.0460. The predicted octanol–water partition coefficient (Wildman–Crippen LogP) is 3.50. The van der Waals surface area contributed by atoms with Gasteiger partial charge in [-0.15, -0.1) is 0 Å². The Balaban J connectivity index is 1.89. The second-order valence-corrected chi connectivity index (χ2v) is 6.91. The van der Waals surface area contributed by atoms with Gasteiger partial charge in [-0.2, -0.15) is 5.10 Å². The molecule has 0 heterocycles. The summed E-state index contributed by atoms with van der Waals surface area (Å²) >= 11 is 0. The number of hydrogen-bond donors (Lipinski definition) is 2. The molecule has 2 aromatic rings.